The van der Waals surface area contributed by atoms with Crippen molar-refractivity contribution in [1.29, 1.82) is 0 Å². The number of esters is 1. The molecule has 3 aromatic rings. The second kappa shape index (κ2) is 8.97. The number of rotatable bonds is 8. The number of hydrogen-bond donors (Lipinski definition) is 0. The van der Waals surface area contributed by atoms with E-state index in [1.165, 1.54) is 26.4 Å². The number of aromatic nitrogens is 2. The largest absolute Gasteiger partial charge is 0.496 e. The number of halogens is 1. The van der Waals surface area contributed by atoms with Crippen LogP contribution in [-0.4, -0.2) is 44.4 Å². The first-order chi connectivity index (χ1) is 14.2. The molecule has 0 aliphatic carbocycles. The number of carbonyl (C=O) groups excluding carboxylic acids is 1. The van der Waals surface area contributed by atoms with Crippen LogP contribution in [0.3, 0.4) is 0 Å². The SMILES string of the molecule is COC(=O)c1cn(COCC[Si](C)(C)C)c2nccc(-c3cc(F)ccc3OC)c12. The number of benzene rings is 1. The van der Waals surface area contributed by atoms with Crippen LogP contribution in [0.2, 0.25) is 25.7 Å². The molecule has 0 aliphatic heterocycles. The Morgan fingerprint density at radius 2 is 1.93 bits per heavy atom. The Morgan fingerprint density at radius 1 is 1.17 bits per heavy atom. The van der Waals surface area contributed by atoms with Crippen LogP contribution < -0.4 is 4.74 Å². The van der Waals surface area contributed by atoms with Gasteiger partial charge in [-0.05, 0) is 35.9 Å². The minimum atomic E-state index is -1.21. The highest BCUT2D eigenvalue weighted by Crippen LogP contribution is 2.37. The van der Waals surface area contributed by atoms with Crippen molar-refractivity contribution in [3.05, 3.63) is 48.0 Å². The van der Waals surface area contributed by atoms with Gasteiger partial charge in [0.25, 0.3) is 0 Å². The van der Waals surface area contributed by atoms with E-state index in [1.54, 1.807) is 29.1 Å². The number of carbonyl (C=O) groups is 1. The average Bonchev–Trinajstić information content (AvgIpc) is 3.09. The fraction of sp³-hybridized carbons (Fsp3) is 0.364. The third-order valence-electron chi connectivity index (χ3n) is 4.84. The highest BCUT2D eigenvalue weighted by atomic mass is 28.3. The molecule has 0 atom stereocenters. The molecule has 0 saturated carbocycles. The third-order valence-corrected chi connectivity index (χ3v) is 6.55. The molecular formula is C22H27FN2O4Si. The summed E-state index contributed by atoms with van der Waals surface area (Å²) in [4.78, 5) is 17.0. The summed E-state index contributed by atoms with van der Waals surface area (Å²) in [5.41, 5.74) is 2.08. The zero-order chi connectivity index (χ0) is 21.9. The zero-order valence-corrected chi connectivity index (χ0v) is 19.0. The lowest BCUT2D eigenvalue weighted by Crippen LogP contribution is -2.22. The maximum Gasteiger partial charge on any atom is 0.340 e. The van der Waals surface area contributed by atoms with Crippen LogP contribution >= 0.6 is 0 Å². The normalized spacial score (nSPS) is 11.7. The van der Waals surface area contributed by atoms with Crippen molar-refractivity contribution < 1.29 is 23.4 Å². The molecule has 1 aromatic carbocycles. The molecule has 30 heavy (non-hydrogen) atoms. The van der Waals surface area contributed by atoms with Gasteiger partial charge in [0.05, 0.1) is 19.8 Å². The molecule has 0 bridgehead atoms. The van der Waals surface area contributed by atoms with Crippen LogP contribution in [0.5, 0.6) is 5.75 Å². The van der Waals surface area contributed by atoms with E-state index in [0.29, 0.717) is 40.1 Å². The van der Waals surface area contributed by atoms with Crippen molar-refractivity contribution in [2.45, 2.75) is 32.4 Å². The second-order valence-corrected chi connectivity index (χ2v) is 13.9. The van der Waals surface area contributed by atoms with Crippen molar-refractivity contribution in [2.75, 3.05) is 20.8 Å². The minimum absolute atomic E-state index is 0.259. The maximum atomic E-state index is 14.0. The fourth-order valence-corrected chi connectivity index (χ4v) is 3.99. The molecule has 0 saturated heterocycles. The summed E-state index contributed by atoms with van der Waals surface area (Å²) in [5, 5.41) is 0.571. The Hall–Kier alpha value is -2.71. The van der Waals surface area contributed by atoms with Crippen LogP contribution in [0.15, 0.2) is 36.7 Å². The topological polar surface area (TPSA) is 62.6 Å². The van der Waals surface area contributed by atoms with Gasteiger partial charge in [-0.25, -0.2) is 14.2 Å². The standard InChI is InChI=1S/C22H27FN2O4Si/c1-27-19-7-6-15(23)12-17(19)16-8-9-24-21-20(16)18(22(26)28-2)13-25(21)14-29-10-11-30(3,4)5/h6-9,12-13H,10-11,14H2,1-5H3. The molecule has 0 N–H and O–H groups in total. The lowest BCUT2D eigenvalue weighted by atomic mass is 10.00. The van der Waals surface area contributed by atoms with Crippen molar-refractivity contribution in [3.8, 4) is 16.9 Å². The molecular weight excluding hydrogens is 403 g/mol. The molecule has 0 unspecified atom stereocenters. The molecule has 6 nitrogen and oxygen atoms in total. The summed E-state index contributed by atoms with van der Waals surface area (Å²) in [7, 11) is 1.64. The van der Waals surface area contributed by atoms with Crippen LogP contribution in [0, 0.1) is 5.82 Å². The summed E-state index contributed by atoms with van der Waals surface area (Å²) in [6.45, 7) is 7.76. The lowest BCUT2D eigenvalue weighted by Gasteiger charge is -2.15. The van der Waals surface area contributed by atoms with Gasteiger partial charge in [0, 0.05) is 38.0 Å². The number of fused-ring (bicyclic) bond motifs is 1. The molecule has 0 spiro atoms. The van der Waals surface area contributed by atoms with E-state index in [4.69, 9.17) is 14.2 Å². The van der Waals surface area contributed by atoms with Gasteiger partial charge in [-0.3, -0.25) is 0 Å². The number of methoxy groups -OCH3 is 2. The van der Waals surface area contributed by atoms with Gasteiger partial charge in [0.2, 0.25) is 0 Å². The molecule has 0 aliphatic rings. The Labute approximate surface area is 176 Å². The van der Waals surface area contributed by atoms with Gasteiger partial charge in [-0.2, -0.15) is 0 Å². The first kappa shape index (κ1) is 22.0. The predicted octanol–water partition coefficient (Wildman–Crippen LogP) is 4.95. The van der Waals surface area contributed by atoms with Crippen molar-refractivity contribution in [1.82, 2.24) is 9.55 Å². The summed E-state index contributed by atoms with van der Waals surface area (Å²) >= 11 is 0. The molecule has 2 heterocycles. The molecule has 160 valence electrons. The van der Waals surface area contributed by atoms with Crippen molar-refractivity contribution in [2.24, 2.45) is 0 Å². The van der Waals surface area contributed by atoms with E-state index in [-0.39, 0.29) is 6.73 Å². The summed E-state index contributed by atoms with van der Waals surface area (Å²) in [6.07, 6.45) is 3.30. The minimum Gasteiger partial charge on any atom is -0.496 e. The van der Waals surface area contributed by atoms with E-state index < -0.39 is 19.9 Å². The Morgan fingerprint density at radius 3 is 2.60 bits per heavy atom. The number of nitrogens with zero attached hydrogens (tertiary/aromatic N) is 2. The highest BCUT2D eigenvalue weighted by molar-refractivity contribution is 6.76. The number of pyridine rings is 1. The molecule has 0 fully saturated rings. The third kappa shape index (κ3) is 4.71. The number of hydrogen-bond acceptors (Lipinski definition) is 5. The van der Waals surface area contributed by atoms with Crippen LogP contribution in [-0.2, 0) is 16.2 Å². The van der Waals surface area contributed by atoms with E-state index >= 15 is 0 Å². The average molecular weight is 431 g/mol. The molecule has 2 aromatic heterocycles. The molecule has 8 heteroatoms. The summed E-state index contributed by atoms with van der Waals surface area (Å²) in [6, 6.07) is 7.05. The van der Waals surface area contributed by atoms with Crippen molar-refractivity contribution >= 4 is 25.1 Å². The first-order valence-electron chi connectivity index (χ1n) is 9.73. The second-order valence-electron chi connectivity index (χ2n) is 8.25. The predicted molar refractivity (Wildman–Crippen MR) is 117 cm³/mol. The van der Waals surface area contributed by atoms with Crippen molar-refractivity contribution in [3.63, 3.8) is 0 Å². The molecule has 0 amide bonds. The van der Waals surface area contributed by atoms with Crippen LogP contribution in [0.4, 0.5) is 4.39 Å². The lowest BCUT2D eigenvalue weighted by molar-refractivity contribution is 0.0601. The highest BCUT2D eigenvalue weighted by Gasteiger charge is 2.22. The Bertz CT molecular complexity index is 1060. The van der Waals surface area contributed by atoms with E-state index in [2.05, 4.69) is 24.6 Å². The number of ether oxygens (including phenoxy) is 3. The van der Waals surface area contributed by atoms with Gasteiger partial charge in [0.1, 0.15) is 23.9 Å². The summed E-state index contributed by atoms with van der Waals surface area (Å²) < 4.78 is 32.1. The zero-order valence-electron chi connectivity index (χ0n) is 18.0. The Balaban J connectivity index is 2.09. The smallest absolute Gasteiger partial charge is 0.340 e. The van der Waals surface area contributed by atoms with Gasteiger partial charge < -0.3 is 18.8 Å². The van der Waals surface area contributed by atoms with Crippen LogP contribution in [0.1, 0.15) is 10.4 Å². The monoisotopic (exact) mass is 430 g/mol. The van der Waals surface area contributed by atoms with E-state index in [9.17, 15) is 9.18 Å². The Kier molecular flexibility index (Phi) is 6.57. The quantitative estimate of drug-likeness (QED) is 0.287. The van der Waals surface area contributed by atoms with Gasteiger partial charge in [-0.15, -0.1) is 0 Å². The summed E-state index contributed by atoms with van der Waals surface area (Å²) in [5.74, 6) is -0.395. The molecule has 3 rings (SSSR count). The van der Waals surface area contributed by atoms with Crippen LogP contribution in [0.25, 0.3) is 22.2 Å². The van der Waals surface area contributed by atoms with Gasteiger partial charge in [0.15, 0.2) is 0 Å². The van der Waals surface area contributed by atoms with Gasteiger partial charge in [-0.1, -0.05) is 19.6 Å². The van der Waals surface area contributed by atoms with E-state index in [1.807, 2.05) is 0 Å². The van der Waals surface area contributed by atoms with Gasteiger partial charge >= 0.3 is 5.97 Å². The first-order valence-corrected chi connectivity index (χ1v) is 13.4. The fourth-order valence-electron chi connectivity index (χ4n) is 3.24. The van der Waals surface area contributed by atoms with E-state index in [0.717, 1.165) is 6.04 Å². The maximum absolute atomic E-state index is 14.0. The molecule has 0 radical (unpaired) electrons.